The largest absolute Gasteiger partial charge is 0.369 e. The monoisotopic (exact) mass is 261 g/mol. The van der Waals surface area contributed by atoms with Gasteiger partial charge < -0.3 is 15.0 Å². The van der Waals surface area contributed by atoms with E-state index in [4.69, 9.17) is 4.74 Å². The van der Waals surface area contributed by atoms with E-state index in [1.807, 2.05) is 31.2 Å². The van der Waals surface area contributed by atoms with Crippen LogP contribution in [0.25, 0.3) is 11.0 Å². The number of benzene rings is 1. The number of ether oxygens (including phenoxy) is 1. The van der Waals surface area contributed by atoms with Crippen LogP contribution in [0.5, 0.6) is 0 Å². The summed E-state index contributed by atoms with van der Waals surface area (Å²) >= 11 is 0. The van der Waals surface area contributed by atoms with E-state index in [0.717, 1.165) is 16.9 Å². The molecule has 1 atom stereocenters. The minimum atomic E-state index is -0.786. The molecule has 5 nitrogen and oxygen atoms in total. The third-order valence-corrected chi connectivity index (χ3v) is 3.46. The van der Waals surface area contributed by atoms with Crippen LogP contribution in [0.3, 0.4) is 0 Å². The first-order valence-corrected chi connectivity index (χ1v) is 6.36. The SMILES string of the molecule is CCC(C)(OC)C(=O)NCc1nc2ccccc2[nH]1. The zero-order chi connectivity index (χ0) is 13.9. The number of aromatic amines is 1. The van der Waals surface area contributed by atoms with Gasteiger partial charge in [0, 0.05) is 7.11 Å². The van der Waals surface area contributed by atoms with Crippen molar-refractivity contribution >= 4 is 16.9 Å². The number of nitrogens with zero attached hydrogens (tertiary/aromatic N) is 1. The Kier molecular flexibility index (Phi) is 3.85. The average Bonchev–Trinajstić information content (AvgIpc) is 2.86. The highest BCUT2D eigenvalue weighted by molar-refractivity contribution is 5.84. The van der Waals surface area contributed by atoms with Crippen molar-refractivity contribution in [1.29, 1.82) is 0 Å². The number of H-pyrrole nitrogens is 1. The maximum Gasteiger partial charge on any atom is 0.252 e. The number of amides is 1. The Labute approximate surface area is 112 Å². The highest BCUT2D eigenvalue weighted by Gasteiger charge is 2.30. The van der Waals surface area contributed by atoms with Crippen molar-refractivity contribution in [2.45, 2.75) is 32.4 Å². The number of fused-ring (bicyclic) bond motifs is 1. The van der Waals surface area contributed by atoms with Crippen molar-refractivity contribution in [3.8, 4) is 0 Å². The lowest BCUT2D eigenvalue weighted by molar-refractivity contribution is -0.142. The summed E-state index contributed by atoms with van der Waals surface area (Å²) in [5.74, 6) is 0.613. The molecule has 1 aromatic heterocycles. The van der Waals surface area contributed by atoms with Crippen LogP contribution >= 0.6 is 0 Å². The van der Waals surface area contributed by atoms with Gasteiger partial charge in [0.15, 0.2) is 0 Å². The van der Waals surface area contributed by atoms with Gasteiger partial charge in [0.1, 0.15) is 11.4 Å². The minimum absolute atomic E-state index is 0.127. The molecule has 0 bridgehead atoms. The molecule has 1 amide bonds. The van der Waals surface area contributed by atoms with Gasteiger partial charge in [0.05, 0.1) is 17.6 Å². The molecule has 0 spiro atoms. The van der Waals surface area contributed by atoms with Crippen LogP contribution in [0, 0.1) is 0 Å². The summed E-state index contributed by atoms with van der Waals surface area (Å²) in [7, 11) is 1.55. The zero-order valence-corrected chi connectivity index (χ0v) is 11.5. The fourth-order valence-electron chi connectivity index (χ4n) is 1.84. The second kappa shape index (κ2) is 5.40. The number of rotatable bonds is 5. The van der Waals surface area contributed by atoms with Gasteiger partial charge in [-0.2, -0.15) is 0 Å². The molecule has 2 N–H and O–H groups in total. The van der Waals surface area contributed by atoms with Gasteiger partial charge in [-0.15, -0.1) is 0 Å². The topological polar surface area (TPSA) is 67.0 Å². The van der Waals surface area contributed by atoms with E-state index >= 15 is 0 Å². The molecule has 102 valence electrons. The Morgan fingerprint density at radius 1 is 1.47 bits per heavy atom. The van der Waals surface area contributed by atoms with Crippen molar-refractivity contribution in [2.24, 2.45) is 0 Å². The summed E-state index contributed by atoms with van der Waals surface area (Å²) < 4.78 is 5.25. The fraction of sp³-hybridized carbons (Fsp3) is 0.429. The Morgan fingerprint density at radius 2 is 2.21 bits per heavy atom. The number of carbonyl (C=O) groups excluding carboxylic acids is 1. The predicted molar refractivity (Wildman–Crippen MR) is 73.6 cm³/mol. The van der Waals surface area contributed by atoms with E-state index in [2.05, 4.69) is 15.3 Å². The molecule has 0 aliphatic carbocycles. The molecule has 2 aromatic rings. The predicted octanol–water partition coefficient (Wildman–Crippen LogP) is 1.99. The first-order chi connectivity index (χ1) is 9.09. The number of imidazole rings is 1. The van der Waals surface area contributed by atoms with E-state index < -0.39 is 5.60 Å². The van der Waals surface area contributed by atoms with Crippen molar-refractivity contribution in [3.05, 3.63) is 30.1 Å². The molecule has 1 aromatic carbocycles. The third kappa shape index (κ3) is 2.76. The number of nitrogens with one attached hydrogen (secondary N) is 2. The number of para-hydroxylation sites is 2. The molecule has 0 aliphatic heterocycles. The van der Waals surface area contributed by atoms with Crippen LogP contribution in [0.4, 0.5) is 0 Å². The first kappa shape index (κ1) is 13.5. The molecule has 2 rings (SSSR count). The number of carbonyl (C=O) groups is 1. The number of methoxy groups -OCH3 is 1. The summed E-state index contributed by atoms with van der Waals surface area (Å²) in [4.78, 5) is 19.6. The molecule has 0 radical (unpaired) electrons. The van der Waals surface area contributed by atoms with E-state index in [1.165, 1.54) is 0 Å². The zero-order valence-electron chi connectivity index (χ0n) is 11.5. The van der Waals surface area contributed by atoms with Crippen LogP contribution in [0.2, 0.25) is 0 Å². The number of hydrogen-bond donors (Lipinski definition) is 2. The molecule has 1 unspecified atom stereocenters. The van der Waals surface area contributed by atoms with Crippen LogP contribution in [-0.2, 0) is 16.1 Å². The Hall–Kier alpha value is -1.88. The normalized spacial score (nSPS) is 14.3. The second-order valence-corrected chi connectivity index (χ2v) is 4.67. The van der Waals surface area contributed by atoms with Crippen LogP contribution in [0.15, 0.2) is 24.3 Å². The van der Waals surface area contributed by atoms with Crippen molar-refractivity contribution in [3.63, 3.8) is 0 Å². The molecule has 1 heterocycles. The molecule has 19 heavy (non-hydrogen) atoms. The first-order valence-electron chi connectivity index (χ1n) is 6.36. The van der Waals surface area contributed by atoms with Crippen molar-refractivity contribution in [2.75, 3.05) is 7.11 Å². The van der Waals surface area contributed by atoms with Crippen LogP contribution < -0.4 is 5.32 Å². The third-order valence-electron chi connectivity index (χ3n) is 3.46. The Balaban J connectivity index is 2.04. The van der Waals surface area contributed by atoms with Crippen LogP contribution in [0.1, 0.15) is 26.1 Å². The lowest BCUT2D eigenvalue weighted by Gasteiger charge is -2.24. The van der Waals surface area contributed by atoms with E-state index in [-0.39, 0.29) is 5.91 Å². The highest BCUT2D eigenvalue weighted by Crippen LogP contribution is 2.14. The lowest BCUT2D eigenvalue weighted by Crippen LogP contribution is -2.45. The average molecular weight is 261 g/mol. The lowest BCUT2D eigenvalue weighted by atomic mass is 10.0. The molecule has 0 saturated heterocycles. The molecule has 5 heteroatoms. The van der Waals surface area contributed by atoms with Gasteiger partial charge >= 0.3 is 0 Å². The van der Waals surface area contributed by atoms with Gasteiger partial charge in [0.25, 0.3) is 5.91 Å². The maximum atomic E-state index is 12.0. The molecule has 0 fully saturated rings. The smallest absolute Gasteiger partial charge is 0.252 e. The number of aromatic nitrogens is 2. The molecule has 0 saturated carbocycles. The summed E-state index contributed by atoms with van der Waals surface area (Å²) in [5, 5.41) is 2.84. The summed E-state index contributed by atoms with van der Waals surface area (Å²) in [5.41, 5.74) is 1.08. The van der Waals surface area contributed by atoms with Gasteiger partial charge in [0.2, 0.25) is 0 Å². The second-order valence-electron chi connectivity index (χ2n) is 4.67. The minimum Gasteiger partial charge on any atom is -0.369 e. The van der Waals surface area contributed by atoms with Gasteiger partial charge in [-0.1, -0.05) is 19.1 Å². The van der Waals surface area contributed by atoms with E-state index in [1.54, 1.807) is 14.0 Å². The summed E-state index contributed by atoms with van der Waals surface area (Å²) in [6.45, 7) is 4.07. The van der Waals surface area contributed by atoms with Gasteiger partial charge in [-0.05, 0) is 25.5 Å². The van der Waals surface area contributed by atoms with Crippen LogP contribution in [-0.4, -0.2) is 28.6 Å². The molecular formula is C14H19N3O2. The van der Waals surface area contributed by atoms with E-state index in [9.17, 15) is 4.79 Å². The fourth-order valence-corrected chi connectivity index (χ4v) is 1.84. The Bertz CT molecular complexity index is 540. The van der Waals surface area contributed by atoms with Crippen molar-refractivity contribution in [1.82, 2.24) is 15.3 Å². The Morgan fingerprint density at radius 3 is 2.84 bits per heavy atom. The van der Waals surface area contributed by atoms with Crippen molar-refractivity contribution < 1.29 is 9.53 Å². The quantitative estimate of drug-likeness (QED) is 0.865. The van der Waals surface area contributed by atoms with Gasteiger partial charge in [-0.25, -0.2) is 4.98 Å². The summed E-state index contributed by atoms with van der Waals surface area (Å²) in [6, 6.07) is 7.77. The van der Waals surface area contributed by atoms with E-state index in [0.29, 0.717) is 13.0 Å². The van der Waals surface area contributed by atoms with Gasteiger partial charge in [-0.3, -0.25) is 4.79 Å². The maximum absolute atomic E-state index is 12.0. The highest BCUT2D eigenvalue weighted by atomic mass is 16.5. The molecular weight excluding hydrogens is 242 g/mol. The summed E-state index contributed by atoms with van der Waals surface area (Å²) in [6.07, 6.45) is 0.620. The standard InChI is InChI=1S/C14H19N3O2/c1-4-14(2,19-3)13(18)15-9-12-16-10-7-5-6-8-11(10)17-12/h5-8H,4,9H2,1-3H3,(H,15,18)(H,16,17). The molecule has 0 aliphatic rings. The number of hydrogen-bond acceptors (Lipinski definition) is 3.